The van der Waals surface area contributed by atoms with Crippen molar-refractivity contribution in [2.45, 2.75) is 488 Å². The molecule has 0 saturated heterocycles. The van der Waals surface area contributed by atoms with Gasteiger partial charge in [0.25, 0.3) is 0 Å². The number of ether oxygens (including phenoxy) is 1. The molecule has 0 aromatic carbocycles. The number of hydrogen-bond acceptors (Lipinski definition) is 5. The van der Waals surface area contributed by atoms with Gasteiger partial charge in [-0.1, -0.05) is 438 Å². The monoisotopic (exact) mass is 1210 g/mol. The van der Waals surface area contributed by atoms with Crippen LogP contribution in [0.2, 0.25) is 0 Å². The summed E-state index contributed by atoms with van der Waals surface area (Å²) in [6.07, 6.45) is 94.9. The number of aliphatic hydroxyl groups is 2. The van der Waals surface area contributed by atoms with Crippen LogP contribution in [0.3, 0.4) is 0 Å². The maximum atomic E-state index is 12.5. The highest BCUT2D eigenvalue weighted by atomic mass is 16.5. The first-order valence-electron chi connectivity index (χ1n) is 40.3. The van der Waals surface area contributed by atoms with Gasteiger partial charge in [-0.05, 0) is 25.7 Å². The zero-order chi connectivity index (χ0) is 62.0. The predicted molar refractivity (Wildman–Crippen MR) is 380 cm³/mol. The van der Waals surface area contributed by atoms with E-state index in [4.69, 9.17) is 4.74 Å². The Morgan fingerprint density at radius 2 is 0.477 bits per heavy atom. The van der Waals surface area contributed by atoms with Crippen molar-refractivity contribution < 1.29 is 24.5 Å². The lowest BCUT2D eigenvalue weighted by Gasteiger charge is -2.22. The number of unbranched alkanes of at least 4 members (excludes halogenated alkanes) is 66. The molecule has 6 heteroatoms. The van der Waals surface area contributed by atoms with E-state index in [0.29, 0.717) is 25.9 Å². The van der Waals surface area contributed by atoms with Crippen molar-refractivity contribution in [3.63, 3.8) is 0 Å². The third kappa shape index (κ3) is 71.9. The Labute approximate surface area is 540 Å². The maximum Gasteiger partial charge on any atom is 0.305 e. The molecule has 0 saturated carbocycles. The van der Waals surface area contributed by atoms with Gasteiger partial charge >= 0.3 is 5.97 Å². The largest absolute Gasteiger partial charge is 0.466 e. The molecule has 0 rings (SSSR count). The van der Waals surface area contributed by atoms with E-state index in [0.717, 1.165) is 38.5 Å². The summed E-state index contributed by atoms with van der Waals surface area (Å²) in [5, 5.41) is 23.4. The number of hydrogen-bond donors (Lipinski definition) is 3. The molecule has 0 radical (unpaired) electrons. The lowest BCUT2D eigenvalue weighted by atomic mass is 10.0. The molecule has 0 aliphatic rings. The smallest absolute Gasteiger partial charge is 0.305 e. The average Bonchev–Trinajstić information content (AvgIpc) is 3.54. The molecule has 0 bridgehead atoms. The highest BCUT2D eigenvalue weighted by Gasteiger charge is 2.20. The van der Waals surface area contributed by atoms with E-state index in [1.807, 2.05) is 0 Å². The predicted octanol–water partition coefficient (Wildman–Crippen LogP) is 26.5. The van der Waals surface area contributed by atoms with Crippen LogP contribution in [0.5, 0.6) is 0 Å². The maximum absolute atomic E-state index is 12.5. The molecule has 0 aromatic rings. The Hall–Kier alpha value is -1.14. The van der Waals surface area contributed by atoms with Crippen LogP contribution in [0, 0.1) is 0 Å². The molecule has 0 fully saturated rings. The third-order valence-corrected chi connectivity index (χ3v) is 19.4. The molecule has 0 aromatic heterocycles. The van der Waals surface area contributed by atoms with Gasteiger partial charge in [-0.2, -0.15) is 0 Å². The lowest BCUT2D eigenvalue weighted by Crippen LogP contribution is -2.45. The number of aliphatic hydroxyl groups excluding tert-OH is 2. The van der Waals surface area contributed by atoms with Gasteiger partial charge in [0.05, 0.1) is 25.4 Å². The number of amides is 1. The van der Waals surface area contributed by atoms with Gasteiger partial charge < -0.3 is 20.3 Å². The van der Waals surface area contributed by atoms with Crippen LogP contribution in [-0.2, 0) is 14.3 Å². The van der Waals surface area contributed by atoms with Crippen molar-refractivity contribution in [3.8, 4) is 0 Å². The van der Waals surface area contributed by atoms with Crippen LogP contribution in [0.15, 0.2) is 0 Å². The number of nitrogens with one attached hydrogen (secondary N) is 1. The Kier molecular flexibility index (Phi) is 75.3. The Bertz CT molecular complexity index is 1260. The summed E-state index contributed by atoms with van der Waals surface area (Å²) in [4.78, 5) is 24.7. The van der Waals surface area contributed by atoms with Crippen LogP contribution in [0.25, 0.3) is 0 Å². The molecule has 1 amide bonds. The summed E-state index contributed by atoms with van der Waals surface area (Å²) in [5.74, 6) is 0.00260. The standard InChI is InChI=1S/C80H159NO5/c1-3-5-7-9-11-13-15-17-19-21-37-42-46-50-54-58-62-66-70-74-80(85)86-75-71-67-63-59-55-51-47-43-39-36-34-32-30-28-26-24-23-25-27-29-31-33-35-38-41-45-49-53-57-61-65-69-73-79(84)81-77(76-82)78(83)72-68-64-60-56-52-48-44-40-22-20-18-16-14-12-10-8-6-4-2/h77-78,82-83H,3-76H2,1-2H3,(H,81,84). The fraction of sp³-hybridized carbons (Fsp3) is 0.975. The molecule has 514 valence electrons. The van der Waals surface area contributed by atoms with Crippen molar-refractivity contribution in [2.75, 3.05) is 13.2 Å². The first kappa shape index (κ1) is 84.9. The fourth-order valence-electron chi connectivity index (χ4n) is 13.3. The minimum atomic E-state index is -0.661. The topological polar surface area (TPSA) is 95.9 Å². The highest BCUT2D eigenvalue weighted by molar-refractivity contribution is 5.76. The van der Waals surface area contributed by atoms with Crippen molar-refractivity contribution >= 4 is 11.9 Å². The average molecular weight is 1220 g/mol. The van der Waals surface area contributed by atoms with E-state index in [-0.39, 0.29) is 18.5 Å². The summed E-state index contributed by atoms with van der Waals surface area (Å²) in [6, 6.07) is -0.537. The van der Waals surface area contributed by atoms with Gasteiger partial charge in [-0.25, -0.2) is 0 Å². The highest BCUT2D eigenvalue weighted by Crippen LogP contribution is 2.21. The van der Waals surface area contributed by atoms with Crippen molar-refractivity contribution in [1.82, 2.24) is 5.32 Å². The molecule has 2 unspecified atom stereocenters. The first-order valence-corrected chi connectivity index (χ1v) is 40.3. The normalized spacial score (nSPS) is 12.4. The third-order valence-electron chi connectivity index (χ3n) is 19.4. The zero-order valence-corrected chi connectivity index (χ0v) is 59.1. The van der Waals surface area contributed by atoms with Crippen molar-refractivity contribution in [2.24, 2.45) is 0 Å². The van der Waals surface area contributed by atoms with Crippen LogP contribution >= 0.6 is 0 Å². The molecule has 6 nitrogen and oxygen atoms in total. The SMILES string of the molecule is CCCCCCCCCCCCCCCCCCCCCC(=O)OCCCCCCCCCCCCCCCCCCCCCCCCCCCCCCCCCCC(=O)NC(CO)C(O)CCCCCCCCCCCCCCCCCCCC. The van der Waals surface area contributed by atoms with Crippen LogP contribution < -0.4 is 5.32 Å². The van der Waals surface area contributed by atoms with Gasteiger partial charge in [0.1, 0.15) is 0 Å². The van der Waals surface area contributed by atoms with Gasteiger partial charge in [0.2, 0.25) is 5.91 Å². The van der Waals surface area contributed by atoms with E-state index in [2.05, 4.69) is 19.2 Å². The summed E-state index contributed by atoms with van der Waals surface area (Å²) < 4.78 is 5.52. The molecule has 0 aliphatic carbocycles. The minimum absolute atomic E-state index is 0.0250. The van der Waals surface area contributed by atoms with Crippen LogP contribution in [-0.4, -0.2) is 47.4 Å². The molecule has 86 heavy (non-hydrogen) atoms. The van der Waals surface area contributed by atoms with E-state index >= 15 is 0 Å². The molecule has 0 heterocycles. The zero-order valence-electron chi connectivity index (χ0n) is 59.1. The van der Waals surface area contributed by atoms with E-state index in [1.165, 1.54) is 405 Å². The second-order valence-corrected chi connectivity index (χ2v) is 28.1. The second kappa shape index (κ2) is 76.3. The molecule has 0 aliphatic heterocycles. The second-order valence-electron chi connectivity index (χ2n) is 28.1. The molecule has 3 N–H and O–H groups in total. The molecule has 2 atom stereocenters. The number of esters is 1. The molecular formula is C80H159NO5. The number of carbonyl (C=O) groups excluding carboxylic acids is 2. The Morgan fingerprint density at radius 3 is 0.709 bits per heavy atom. The number of carbonyl (C=O) groups is 2. The van der Waals surface area contributed by atoms with Gasteiger partial charge in [-0.3, -0.25) is 9.59 Å². The first-order chi connectivity index (χ1) is 42.5. The molecular weight excluding hydrogens is 1050 g/mol. The summed E-state index contributed by atoms with van der Waals surface area (Å²) in [5.41, 5.74) is 0. The van der Waals surface area contributed by atoms with Crippen LogP contribution in [0.4, 0.5) is 0 Å². The van der Waals surface area contributed by atoms with E-state index in [9.17, 15) is 19.8 Å². The summed E-state index contributed by atoms with van der Waals surface area (Å²) >= 11 is 0. The Balaban J connectivity index is 3.30. The van der Waals surface area contributed by atoms with Crippen LogP contribution in [0.1, 0.15) is 476 Å². The number of rotatable bonds is 77. The van der Waals surface area contributed by atoms with Gasteiger partial charge in [0, 0.05) is 12.8 Å². The Morgan fingerprint density at radius 1 is 0.279 bits per heavy atom. The quantitative estimate of drug-likeness (QED) is 0.0417. The lowest BCUT2D eigenvalue weighted by molar-refractivity contribution is -0.143. The molecule has 0 spiro atoms. The van der Waals surface area contributed by atoms with Gasteiger partial charge in [0.15, 0.2) is 0 Å². The van der Waals surface area contributed by atoms with E-state index in [1.54, 1.807) is 0 Å². The summed E-state index contributed by atoms with van der Waals surface area (Å²) in [7, 11) is 0. The summed E-state index contributed by atoms with van der Waals surface area (Å²) in [6.45, 7) is 5.02. The van der Waals surface area contributed by atoms with Crippen molar-refractivity contribution in [3.05, 3.63) is 0 Å². The van der Waals surface area contributed by atoms with Crippen molar-refractivity contribution in [1.29, 1.82) is 0 Å². The van der Waals surface area contributed by atoms with Gasteiger partial charge in [-0.15, -0.1) is 0 Å². The fourth-order valence-corrected chi connectivity index (χ4v) is 13.3. The minimum Gasteiger partial charge on any atom is -0.466 e. The van der Waals surface area contributed by atoms with E-state index < -0.39 is 12.1 Å².